The molecule has 2 aromatic heterocycles. The third-order valence-electron chi connectivity index (χ3n) is 10.2. The Morgan fingerprint density at radius 1 is 0.608 bits per heavy atom. The molecule has 1 unspecified atom stereocenters. The van der Waals surface area contributed by atoms with Crippen LogP contribution >= 0.6 is 0 Å². The fraction of sp³-hybridized carbons (Fsp3) is 0.234. The first kappa shape index (κ1) is 34.0. The van der Waals surface area contributed by atoms with Gasteiger partial charge in [-0.25, -0.2) is 4.98 Å². The van der Waals surface area contributed by atoms with Gasteiger partial charge in [0.05, 0.1) is 22.3 Å². The number of phenols is 1. The van der Waals surface area contributed by atoms with Crippen molar-refractivity contribution in [2.75, 3.05) is 0 Å². The van der Waals surface area contributed by atoms with Crippen LogP contribution in [-0.4, -0.2) is 19.6 Å². The van der Waals surface area contributed by atoms with Crippen LogP contribution in [0.5, 0.6) is 5.75 Å². The number of imidazole rings is 1. The van der Waals surface area contributed by atoms with Crippen LogP contribution in [0.4, 0.5) is 0 Å². The summed E-state index contributed by atoms with van der Waals surface area (Å²) >= 11 is 0. The Hall–Kier alpha value is -5.48. The number of aromatic hydroxyl groups is 1. The number of aromatic nitrogens is 3. The molecule has 5 aromatic carbocycles. The van der Waals surface area contributed by atoms with Crippen molar-refractivity contribution in [3.63, 3.8) is 0 Å². The molecule has 4 heteroatoms. The van der Waals surface area contributed by atoms with E-state index in [0.717, 1.165) is 61.5 Å². The summed E-state index contributed by atoms with van der Waals surface area (Å²) in [6.07, 6.45) is 1.90. The van der Waals surface area contributed by atoms with Crippen molar-refractivity contribution in [2.24, 2.45) is 7.05 Å². The number of rotatable bonds is 6. The molecule has 1 atom stereocenters. The van der Waals surface area contributed by atoms with Crippen molar-refractivity contribution in [2.45, 2.75) is 65.2 Å². The van der Waals surface area contributed by atoms with E-state index < -0.39 is 0 Å². The zero-order valence-electron chi connectivity index (χ0n) is 31.0. The topological polar surface area (TPSA) is 50.9 Å². The second-order valence-electron chi connectivity index (χ2n) is 15.9. The minimum atomic E-state index is -0.242. The van der Waals surface area contributed by atoms with Crippen LogP contribution in [0.15, 0.2) is 128 Å². The van der Waals surface area contributed by atoms with E-state index in [1.807, 2.05) is 19.3 Å². The molecule has 2 heterocycles. The summed E-state index contributed by atoms with van der Waals surface area (Å²) in [7, 11) is 2.05. The number of nitrogens with zero attached hydrogens (tertiary/aromatic N) is 3. The van der Waals surface area contributed by atoms with Crippen LogP contribution in [0, 0.1) is 0 Å². The lowest BCUT2D eigenvalue weighted by Gasteiger charge is -2.27. The van der Waals surface area contributed by atoms with E-state index in [2.05, 4.69) is 168 Å². The highest BCUT2D eigenvalue weighted by atomic mass is 16.3. The maximum absolute atomic E-state index is 11.8. The molecule has 7 rings (SSSR count). The SMILES string of the molecule is CC(c1ccccc1)c1cc(-c2cc(-c3ccccc3)ccn2)cc(-c2cccc3c2nc(-c2cc(C(C)(C)C)cc(C(C)(C)C)c2O)n3C)c1. The predicted molar refractivity (Wildman–Crippen MR) is 213 cm³/mol. The number of fused-ring (bicyclic) bond motifs is 1. The first-order valence-electron chi connectivity index (χ1n) is 17.9. The number of para-hydroxylation sites is 1. The number of hydrogen-bond donors (Lipinski definition) is 1. The molecule has 0 amide bonds. The van der Waals surface area contributed by atoms with Gasteiger partial charge in [0.15, 0.2) is 0 Å². The molecule has 0 saturated heterocycles. The number of benzene rings is 5. The van der Waals surface area contributed by atoms with E-state index in [4.69, 9.17) is 9.97 Å². The van der Waals surface area contributed by atoms with Gasteiger partial charge in [-0.1, -0.05) is 133 Å². The first-order chi connectivity index (χ1) is 24.3. The summed E-state index contributed by atoms with van der Waals surface area (Å²) in [6, 6.07) is 42.9. The molecule has 4 nitrogen and oxygen atoms in total. The number of hydrogen-bond acceptors (Lipinski definition) is 3. The van der Waals surface area contributed by atoms with Gasteiger partial charge in [0.1, 0.15) is 11.6 Å². The molecule has 0 spiro atoms. The molecular formula is C47H47N3O. The first-order valence-corrected chi connectivity index (χ1v) is 17.9. The summed E-state index contributed by atoms with van der Waals surface area (Å²) < 4.78 is 2.12. The van der Waals surface area contributed by atoms with Gasteiger partial charge in [-0.2, -0.15) is 0 Å². The van der Waals surface area contributed by atoms with Gasteiger partial charge in [-0.3, -0.25) is 4.98 Å². The van der Waals surface area contributed by atoms with Gasteiger partial charge < -0.3 is 9.67 Å². The predicted octanol–water partition coefficient (Wildman–Crippen LogP) is 12.1. The fourth-order valence-electron chi connectivity index (χ4n) is 7.04. The monoisotopic (exact) mass is 669 g/mol. The Kier molecular flexibility index (Phi) is 8.67. The normalized spacial score (nSPS) is 12.7. The molecule has 51 heavy (non-hydrogen) atoms. The van der Waals surface area contributed by atoms with E-state index in [9.17, 15) is 5.11 Å². The molecule has 0 bridgehead atoms. The lowest BCUT2D eigenvalue weighted by molar-refractivity contribution is 0.446. The van der Waals surface area contributed by atoms with Gasteiger partial charge in [0.2, 0.25) is 0 Å². The Labute approximate surface area is 302 Å². The zero-order chi connectivity index (χ0) is 36.1. The Morgan fingerprint density at radius 3 is 1.98 bits per heavy atom. The minimum Gasteiger partial charge on any atom is -0.507 e. The minimum absolute atomic E-state index is 0.101. The van der Waals surface area contributed by atoms with E-state index in [1.165, 1.54) is 16.7 Å². The second-order valence-corrected chi connectivity index (χ2v) is 15.9. The van der Waals surface area contributed by atoms with Crippen molar-refractivity contribution < 1.29 is 5.11 Å². The van der Waals surface area contributed by atoms with Crippen molar-refractivity contribution in [1.29, 1.82) is 0 Å². The molecule has 7 aromatic rings. The zero-order valence-corrected chi connectivity index (χ0v) is 31.0. The third kappa shape index (κ3) is 6.59. The van der Waals surface area contributed by atoms with Crippen LogP contribution in [0.2, 0.25) is 0 Å². The lowest BCUT2D eigenvalue weighted by Crippen LogP contribution is -2.17. The van der Waals surface area contributed by atoms with Crippen LogP contribution in [-0.2, 0) is 17.9 Å². The molecule has 0 aliphatic heterocycles. The summed E-state index contributed by atoms with van der Waals surface area (Å²) in [5, 5.41) is 11.8. The molecule has 256 valence electrons. The fourth-order valence-corrected chi connectivity index (χ4v) is 7.04. The highest BCUT2D eigenvalue weighted by molar-refractivity contribution is 5.95. The van der Waals surface area contributed by atoms with Gasteiger partial charge >= 0.3 is 0 Å². The summed E-state index contributed by atoms with van der Waals surface area (Å²) in [6.45, 7) is 15.4. The summed E-state index contributed by atoms with van der Waals surface area (Å²) in [5.74, 6) is 1.20. The van der Waals surface area contributed by atoms with Crippen LogP contribution in [0.1, 0.15) is 76.6 Å². The molecule has 1 N–H and O–H groups in total. The third-order valence-corrected chi connectivity index (χ3v) is 10.2. The summed E-state index contributed by atoms with van der Waals surface area (Å²) in [5.41, 5.74) is 13.3. The average molecular weight is 670 g/mol. The Balaban J connectivity index is 1.44. The number of pyridine rings is 1. The molecule has 0 saturated carbocycles. The maximum Gasteiger partial charge on any atom is 0.144 e. The van der Waals surface area contributed by atoms with Gasteiger partial charge in [-0.15, -0.1) is 0 Å². The maximum atomic E-state index is 11.8. The van der Waals surface area contributed by atoms with Crippen molar-refractivity contribution in [3.05, 3.63) is 150 Å². The Morgan fingerprint density at radius 2 is 1.29 bits per heavy atom. The largest absolute Gasteiger partial charge is 0.507 e. The van der Waals surface area contributed by atoms with Crippen LogP contribution in [0.25, 0.3) is 55.9 Å². The second kappa shape index (κ2) is 13.0. The van der Waals surface area contributed by atoms with Crippen molar-refractivity contribution in [1.82, 2.24) is 14.5 Å². The summed E-state index contributed by atoms with van der Waals surface area (Å²) in [4.78, 5) is 10.2. The molecule has 0 radical (unpaired) electrons. The van der Waals surface area contributed by atoms with Gasteiger partial charge in [-0.05, 0) is 80.6 Å². The average Bonchev–Trinajstić information content (AvgIpc) is 3.46. The number of aryl methyl sites for hydroxylation is 1. The van der Waals surface area contributed by atoms with E-state index in [-0.39, 0.29) is 16.7 Å². The van der Waals surface area contributed by atoms with Gasteiger partial charge in [0, 0.05) is 35.9 Å². The van der Waals surface area contributed by atoms with Crippen molar-refractivity contribution in [3.8, 4) is 50.6 Å². The van der Waals surface area contributed by atoms with Gasteiger partial charge in [0.25, 0.3) is 0 Å². The quantitative estimate of drug-likeness (QED) is 0.192. The highest BCUT2D eigenvalue weighted by Gasteiger charge is 2.28. The molecular weight excluding hydrogens is 623 g/mol. The number of phenolic OH excluding ortho intramolecular Hbond substituents is 1. The molecule has 0 aliphatic carbocycles. The van der Waals surface area contributed by atoms with Crippen LogP contribution < -0.4 is 0 Å². The standard InChI is InChI=1S/C47H47N3O/c1-30(31-16-11-9-12-17-31)34-24-35(26-36(25-34)41-27-33(22-23-48-41)32-18-13-10-14-19-32)38-20-15-21-42-43(38)49-45(50(42)8)39-28-37(46(2,3)4)29-40(44(39)51)47(5,6)7/h9-30,51H,1-8H3. The molecule has 0 fully saturated rings. The van der Waals surface area contributed by atoms with Crippen molar-refractivity contribution >= 4 is 11.0 Å². The molecule has 0 aliphatic rings. The lowest BCUT2D eigenvalue weighted by atomic mass is 9.79. The van der Waals surface area contributed by atoms with E-state index >= 15 is 0 Å². The van der Waals surface area contributed by atoms with E-state index in [1.54, 1.807) is 0 Å². The Bertz CT molecular complexity index is 2360. The van der Waals surface area contributed by atoms with E-state index in [0.29, 0.717) is 5.75 Å². The van der Waals surface area contributed by atoms with Crippen LogP contribution in [0.3, 0.4) is 0 Å². The smallest absolute Gasteiger partial charge is 0.144 e. The highest BCUT2D eigenvalue weighted by Crippen LogP contribution is 2.43.